The van der Waals surface area contributed by atoms with Crippen LogP contribution < -0.4 is 4.74 Å². The van der Waals surface area contributed by atoms with Crippen LogP contribution in [0.2, 0.25) is 0 Å². The van der Waals surface area contributed by atoms with E-state index in [2.05, 4.69) is 6.92 Å². The van der Waals surface area contributed by atoms with Gasteiger partial charge in [0, 0.05) is 11.3 Å². The Morgan fingerprint density at radius 2 is 1.65 bits per heavy atom. The summed E-state index contributed by atoms with van der Waals surface area (Å²) in [6.45, 7) is 2.17. The van der Waals surface area contributed by atoms with E-state index in [1.54, 1.807) is 30.3 Å². The highest BCUT2D eigenvalue weighted by atomic mass is 16.5. The number of rotatable bonds is 8. The second-order valence-corrected chi connectivity index (χ2v) is 5.54. The molecule has 0 spiro atoms. The molecule has 120 valence electrons. The van der Waals surface area contributed by atoms with Crippen LogP contribution in [0, 0.1) is 5.41 Å². The summed E-state index contributed by atoms with van der Waals surface area (Å²) >= 11 is 0. The fourth-order valence-corrected chi connectivity index (χ4v) is 2.40. The van der Waals surface area contributed by atoms with E-state index >= 15 is 0 Å². The van der Waals surface area contributed by atoms with E-state index < -0.39 is 5.97 Å². The van der Waals surface area contributed by atoms with Crippen molar-refractivity contribution in [3.8, 4) is 5.75 Å². The Morgan fingerprint density at radius 3 is 2.39 bits per heavy atom. The van der Waals surface area contributed by atoms with Gasteiger partial charge in [-0.15, -0.1) is 0 Å². The number of benzene rings is 2. The van der Waals surface area contributed by atoms with Crippen molar-refractivity contribution in [2.75, 3.05) is 0 Å². The van der Waals surface area contributed by atoms with Gasteiger partial charge in [-0.25, -0.2) is 4.79 Å². The van der Waals surface area contributed by atoms with E-state index in [1.807, 2.05) is 24.3 Å². The SMILES string of the molecule is CCCCCCC(=N)c1ccccc1OC(=O)c1ccccc1. The van der Waals surface area contributed by atoms with Crippen LogP contribution in [0.15, 0.2) is 54.6 Å². The van der Waals surface area contributed by atoms with Gasteiger partial charge < -0.3 is 10.1 Å². The summed E-state index contributed by atoms with van der Waals surface area (Å²) in [5.41, 5.74) is 1.74. The molecule has 0 unspecified atom stereocenters. The summed E-state index contributed by atoms with van der Waals surface area (Å²) in [6, 6.07) is 16.2. The Hall–Kier alpha value is -2.42. The minimum Gasteiger partial charge on any atom is -0.422 e. The minimum absolute atomic E-state index is 0.392. The van der Waals surface area contributed by atoms with Crippen LogP contribution in [0.1, 0.15) is 54.9 Å². The van der Waals surface area contributed by atoms with E-state index in [-0.39, 0.29) is 0 Å². The maximum atomic E-state index is 12.2. The standard InChI is InChI=1S/C20H23NO2/c1-2-3-4-8-14-18(21)17-13-9-10-15-19(17)23-20(22)16-11-6-5-7-12-16/h5-7,9-13,15,21H,2-4,8,14H2,1H3. The third kappa shape index (κ3) is 5.06. The summed E-state index contributed by atoms with van der Waals surface area (Å²) in [6.07, 6.45) is 5.20. The van der Waals surface area contributed by atoms with Crippen molar-refractivity contribution in [2.45, 2.75) is 39.0 Å². The molecular weight excluding hydrogens is 286 g/mol. The van der Waals surface area contributed by atoms with E-state index in [9.17, 15) is 4.79 Å². The van der Waals surface area contributed by atoms with Gasteiger partial charge in [-0.05, 0) is 37.1 Å². The first-order chi connectivity index (χ1) is 11.2. The van der Waals surface area contributed by atoms with Crippen LogP contribution in [0.3, 0.4) is 0 Å². The zero-order chi connectivity index (χ0) is 16.5. The summed E-state index contributed by atoms with van der Waals surface area (Å²) in [5, 5.41) is 8.26. The van der Waals surface area contributed by atoms with Crippen LogP contribution in [-0.2, 0) is 0 Å². The summed E-state index contributed by atoms with van der Waals surface area (Å²) in [7, 11) is 0. The van der Waals surface area contributed by atoms with Gasteiger partial charge in [-0.3, -0.25) is 0 Å². The summed E-state index contributed by atoms with van der Waals surface area (Å²) < 4.78 is 5.50. The maximum Gasteiger partial charge on any atom is 0.343 e. The molecule has 0 saturated carbocycles. The van der Waals surface area contributed by atoms with E-state index in [0.29, 0.717) is 29.0 Å². The third-order valence-electron chi connectivity index (χ3n) is 3.70. The predicted molar refractivity (Wildman–Crippen MR) is 93.4 cm³/mol. The molecule has 0 aliphatic carbocycles. The smallest absolute Gasteiger partial charge is 0.343 e. The Bertz CT molecular complexity index is 650. The first-order valence-corrected chi connectivity index (χ1v) is 8.16. The Morgan fingerprint density at radius 1 is 0.957 bits per heavy atom. The number of esters is 1. The zero-order valence-corrected chi connectivity index (χ0v) is 13.5. The molecule has 0 aliphatic rings. The molecule has 0 radical (unpaired) electrons. The summed E-state index contributed by atoms with van der Waals surface area (Å²) in [5.74, 6) is 0.0682. The van der Waals surface area contributed by atoms with Gasteiger partial charge >= 0.3 is 5.97 Å². The minimum atomic E-state index is -0.392. The van der Waals surface area contributed by atoms with Gasteiger partial charge in [0.2, 0.25) is 0 Å². The van der Waals surface area contributed by atoms with Crippen molar-refractivity contribution in [1.82, 2.24) is 0 Å². The second-order valence-electron chi connectivity index (χ2n) is 5.54. The molecule has 0 amide bonds. The van der Waals surface area contributed by atoms with Gasteiger partial charge in [-0.2, -0.15) is 0 Å². The molecule has 2 rings (SSSR count). The van der Waals surface area contributed by atoms with Gasteiger partial charge in [0.15, 0.2) is 0 Å². The molecule has 1 N–H and O–H groups in total. The Labute approximate surface area is 137 Å². The number of carbonyl (C=O) groups excluding carboxylic acids is 1. The molecule has 2 aromatic carbocycles. The highest BCUT2D eigenvalue weighted by Crippen LogP contribution is 2.22. The first kappa shape index (κ1) is 16.9. The molecule has 2 aromatic rings. The molecule has 3 heteroatoms. The predicted octanol–water partition coefficient (Wildman–Crippen LogP) is 5.24. The number of para-hydroxylation sites is 1. The number of hydrogen-bond donors (Lipinski definition) is 1. The lowest BCUT2D eigenvalue weighted by Gasteiger charge is -2.11. The van der Waals surface area contributed by atoms with Crippen LogP contribution in [0.25, 0.3) is 0 Å². The topological polar surface area (TPSA) is 50.1 Å². The lowest BCUT2D eigenvalue weighted by atomic mass is 10.0. The normalized spacial score (nSPS) is 10.3. The van der Waals surface area contributed by atoms with E-state index in [4.69, 9.17) is 10.1 Å². The molecule has 0 bridgehead atoms. The Kier molecular flexibility index (Phi) is 6.55. The molecule has 0 aromatic heterocycles. The monoisotopic (exact) mass is 309 g/mol. The fraction of sp³-hybridized carbons (Fsp3) is 0.300. The first-order valence-electron chi connectivity index (χ1n) is 8.16. The van der Waals surface area contributed by atoms with Crippen molar-refractivity contribution < 1.29 is 9.53 Å². The summed E-state index contributed by atoms with van der Waals surface area (Å²) in [4.78, 5) is 12.2. The van der Waals surface area contributed by atoms with Crippen molar-refractivity contribution in [2.24, 2.45) is 0 Å². The number of hydrogen-bond acceptors (Lipinski definition) is 3. The van der Waals surface area contributed by atoms with E-state index in [1.165, 1.54) is 12.8 Å². The van der Waals surface area contributed by atoms with Gasteiger partial charge in [0.05, 0.1) is 5.56 Å². The molecule has 0 aliphatic heterocycles. The van der Waals surface area contributed by atoms with Gasteiger partial charge in [0.25, 0.3) is 0 Å². The number of unbranched alkanes of at least 4 members (excludes halogenated alkanes) is 3. The molecule has 23 heavy (non-hydrogen) atoms. The molecular formula is C20H23NO2. The van der Waals surface area contributed by atoms with Crippen molar-refractivity contribution in [1.29, 1.82) is 5.41 Å². The maximum absolute atomic E-state index is 12.2. The van der Waals surface area contributed by atoms with Crippen LogP contribution in [-0.4, -0.2) is 11.7 Å². The zero-order valence-electron chi connectivity index (χ0n) is 13.5. The van der Waals surface area contributed by atoms with Crippen molar-refractivity contribution >= 4 is 11.7 Å². The highest BCUT2D eigenvalue weighted by Gasteiger charge is 2.13. The molecule has 0 saturated heterocycles. The molecule has 0 atom stereocenters. The Balaban J connectivity index is 2.05. The second kappa shape index (κ2) is 8.89. The number of ether oxygens (including phenoxy) is 1. The fourth-order valence-electron chi connectivity index (χ4n) is 2.40. The van der Waals surface area contributed by atoms with E-state index in [0.717, 1.165) is 12.8 Å². The van der Waals surface area contributed by atoms with Crippen molar-refractivity contribution in [3.05, 3.63) is 65.7 Å². The molecule has 3 nitrogen and oxygen atoms in total. The number of carbonyl (C=O) groups is 1. The molecule has 0 heterocycles. The largest absolute Gasteiger partial charge is 0.422 e. The highest BCUT2D eigenvalue weighted by molar-refractivity contribution is 6.02. The van der Waals surface area contributed by atoms with Gasteiger partial charge in [-0.1, -0.05) is 56.5 Å². The van der Waals surface area contributed by atoms with Crippen LogP contribution in [0.5, 0.6) is 5.75 Å². The van der Waals surface area contributed by atoms with Crippen LogP contribution in [0.4, 0.5) is 0 Å². The third-order valence-corrected chi connectivity index (χ3v) is 3.70. The quantitative estimate of drug-likeness (QED) is 0.313. The lowest BCUT2D eigenvalue weighted by molar-refractivity contribution is 0.0734. The van der Waals surface area contributed by atoms with Crippen molar-refractivity contribution in [3.63, 3.8) is 0 Å². The molecule has 0 fully saturated rings. The average molecular weight is 309 g/mol. The average Bonchev–Trinajstić information content (AvgIpc) is 2.60. The number of nitrogens with one attached hydrogen (secondary N) is 1. The lowest BCUT2D eigenvalue weighted by Crippen LogP contribution is -2.11. The van der Waals surface area contributed by atoms with Crippen LogP contribution >= 0.6 is 0 Å². The van der Waals surface area contributed by atoms with Gasteiger partial charge in [0.1, 0.15) is 5.75 Å².